The molecule has 0 aromatic heterocycles. The number of urea groups is 1. The number of hydrogen-bond donors (Lipinski definition) is 4. The van der Waals surface area contributed by atoms with Crippen LogP contribution in [0.2, 0.25) is 0 Å². The van der Waals surface area contributed by atoms with E-state index in [1.165, 1.54) is 0 Å². The second kappa shape index (κ2) is 12.5. The van der Waals surface area contributed by atoms with Gasteiger partial charge in [0.05, 0.1) is 16.5 Å². The first-order chi connectivity index (χ1) is 22.9. The molecule has 0 radical (unpaired) electrons. The van der Waals surface area contributed by atoms with Crippen LogP contribution in [-0.4, -0.2) is 89.6 Å². The fourth-order valence-corrected chi connectivity index (χ4v) is 12.0. The maximum atomic E-state index is 14.5. The third-order valence-corrected chi connectivity index (χ3v) is 15.2. The molecule has 274 valence electrons. The number of rotatable bonds is 11. The number of carbonyl (C=O) groups is 5. The van der Waals surface area contributed by atoms with Crippen molar-refractivity contribution >= 4 is 39.4 Å². The summed E-state index contributed by atoms with van der Waals surface area (Å²) in [6.07, 6.45) is 8.45. The number of nitrogens with one attached hydrogen (secondary N) is 4. The lowest BCUT2D eigenvalue weighted by atomic mass is 9.78. The maximum Gasteiger partial charge on any atom is 0.315 e. The highest BCUT2D eigenvalue weighted by molar-refractivity contribution is 7.92. The highest BCUT2D eigenvalue weighted by atomic mass is 32.2. The van der Waals surface area contributed by atoms with Crippen LogP contribution in [0, 0.1) is 28.6 Å². The molecule has 2 aliphatic heterocycles. The normalized spacial score (nSPS) is 34.2. The number of piperidine rings is 1. The predicted octanol–water partition coefficient (Wildman–Crippen LogP) is 2.99. The molecule has 4 saturated carbocycles. The predicted molar refractivity (Wildman–Crippen MR) is 184 cm³/mol. The Kier molecular flexibility index (Phi) is 9.22. The van der Waals surface area contributed by atoms with Gasteiger partial charge in [-0.05, 0) is 80.0 Å². The third kappa shape index (κ3) is 6.62. The van der Waals surface area contributed by atoms with Crippen molar-refractivity contribution in [3.05, 3.63) is 0 Å². The van der Waals surface area contributed by atoms with Crippen molar-refractivity contribution in [2.45, 2.75) is 153 Å². The molecular weight excluding hydrogens is 646 g/mol. The zero-order valence-corrected chi connectivity index (χ0v) is 31.0. The fourth-order valence-electron chi connectivity index (χ4n) is 9.63. The topological polar surface area (TPSA) is 171 Å². The van der Waals surface area contributed by atoms with Gasteiger partial charge in [0.1, 0.15) is 17.6 Å². The maximum absolute atomic E-state index is 14.5. The number of sulfone groups is 1. The molecule has 0 aromatic rings. The fraction of sp³-hybridized carbons (Fsp3) is 0.861. The summed E-state index contributed by atoms with van der Waals surface area (Å²) >= 11 is 0. The minimum absolute atomic E-state index is 0.0122. The van der Waals surface area contributed by atoms with Crippen molar-refractivity contribution in [1.29, 1.82) is 0 Å². The summed E-state index contributed by atoms with van der Waals surface area (Å²) in [6.45, 7) is 12.1. The molecule has 49 heavy (non-hydrogen) atoms. The average Bonchev–Trinajstić information content (AvgIpc) is 3.95. The Bertz CT molecular complexity index is 1490. The Balaban J connectivity index is 1.21. The lowest BCUT2D eigenvalue weighted by Crippen LogP contribution is -2.65. The molecule has 5 amide bonds. The van der Waals surface area contributed by atoms with Crippen LogP contribution in [0.3, 0.4) is 0 Å². The van der Waals surface area contributed by atoms with E-state index in [0.717, 1.165) is 38.5 Å². The van der Waals surface area contributed by atoms with Gasteiger partial charge in [0.25, 0.3) is 5.91 Å². The molecule has 12 nitrogen and oxygen atoms in total. The Hall–Kier alpha value is -2.70. The summed E-state index contributed by atoms with van der Waals surface area (Å²) in [6, 6.07) is -2.42. The molecule has 6 rings (SSSR count). The van der Waals surface area contributed by atoms with Crippen molar-refractivity contribution in [2.75, 3.05) is 12.3 Å². The van der Waals surface area contributed by atoms with Crippen molar-refractivity contribution < 1.29 is 32.4 Å². The second-order valence-corrected chi connectivity index (χ2v) is 20.0. The Morgan fingerprint density at radius 3 is 2.18 bits per heavy atom. The van der Waals surface area contributed by atoms with Gasteiger partial charge >= 0.3 is 6.03 Å². The summed E-state index contributed by atoms with van der Waals surface area (Å²) in [5, 5.41) is 11.2. The first-order valence-electron chi connectivity index (χ1n) is 18.7. The summed E-state index contributed by atoms with van der Waals surface area (Å²) in [7, 11) is -3.35. The molecule has 2 saturated heterocycles. The standard InChI is InChI=1S/C36H57N5O7S/c1-7-12-21-19-36(21,28(42)30(44)37-22-14-15-22)39-29(43)26-25-23(34(25,5)6)20-41(26)31(45)27(33(2,3)4)38-32(46)40-35(16-9-8-10-17-35)24-13-11-18-49(24,47)48/h21-27H,7-20H2,1-6H3,(H,37,44)(H,39,43)(H2,38,40,46)/t21-,23+,24?,25+,26+,27-,36+/m1/s1. The van der Waals surface area contributed by atoms with Crippen molar-refractivity contribution in [2.24, 2.45) is 28.6 Å². The number of ketones is 1. The first kappa shape index (κ1) is 36.1. The molecule has 1 unspecified atom stereocenters. The van der Waals surface area contributed by atoms with Crippen molar-refractivity contribution in [3.8, 4) is 0 Å². The summed E-state index contributed by atoms with van der Waals surface area (Å²) in [4.78, 5) is 70.7. The smallest absolute Gasteiger partial charge is 0.315 e. The molecule has 4 N–H and O–H groups in total. The summed E-state index contributed by atoms with van der Waals surface area (Å²) in [5.74, 6) is -2.15. The number of likely N-dealkylation sites (tertiary alicyclic amines) is 1. The van der Waals surface area contributed by atoms with E-state index < -0.39 is 67.3 Å². The molecule has 4 aliphatic carbocycles. The number of fused-ring (bicyclic) bond motifs is 1. The molecule has 6 aliphatic rings. The zero-order chi connectivity index (χ0) is 35.7. The van der Waals surface area contributed by atoms with E-state index in [-0.39, 0.29) is 40.9 Å². The first-order valence-corrected chi connectivity index (χ1v) is 20.4. The average molecular weight is 704 g/mol. The molecule has 7 atom stereocenters. The van der Waals surface area contributed by atoms with Gasteiger partial charge < -0.3 is 26.2 Å². The van der Waals surface area contributed by atoms with Crippen LogP contribution in [0.15, 0.2) is 0 Å². The molecular formula is C36H57N5O7S. The Morgan fingerprint density at radius 1 is 0.939 bits per heavy atom. The summed E-state index contributed by atoms with van der Waals surface area (Å²) < 4.78 is 26.1. The minimum Gasteiger partial charge on any atom is -0.347 e. The van der Waals surface area contributed by atoms with E-state index in [1.54, 1.807) is 4.90 Å². The van der Waals surface area contributed by atoms with E-state index in [1.807, 2.05) is 27.7 Å². The van der Waals surface area contributed by atoms with Crippen LogP contribution >= 0.6 is 0 Å². The van der Waals surface area contributed by atoms with Gasteiger partial charge in [-0.1, -0.05) is 67.2 Å². The van der Waals surface area contributed by atoms with Gasteiger partial charge in [-0.15, -0.1) is 0 Å². The van der Waals surface area contributed by atoms with E-state index in [2.05, 4.69) is 35.1 Å². The number of nitrogens with zero attached hydrogens (tertiary/aromatic N) is 1. The van der Waals surface area contributed by atoms with Crippen LogP contribution in [-0.2, 0) is 29.0 Å². The lowest BCUT2D eigenvalue weighted by Gasteiger charge is -2.43. The quantitative estimate of drug-likeness (QED) is 0.240. The number of carbonyl (C=O) groups excluding carboxylic acids is 5. The largest absolute Gasteiger partial charge is 0.347 e. The third-order valence-electron chi connectivity index (χ3n) is 12.8. The van der Waals surface area contributed by atoms with E-state index in [4.69, 9.17) is 0 Å². The van der Waals surface area contributed by atoms with Crippen LogP contribution in [0.4, 0.5) is 4.79 Å². The van der Waals surface area contributed by atoms with Gasteiger partial charge in [0.15, 0.2) is 9.84 Å². The zero-order valence-electron chi connectivity index (χ0n) is 30.2. The molecule has 13 heteroatoms. The second-order valence-electron chi connectivity index (χ2n) is 17.7. The molecule has 6 fully saturated rings. The van der Waals surface area contributed by atoms with Crippen molar-refractivity contribution in [1.82, 2.24) is 26.2 Å². The monoisotopic (exact) mass is 703 g/mol. The highest BCUT2D eigenvalue weighted by Gasteiger charge is 2.71. The number of hydrogen-bond acceptors (Lipinski definition) is 7. The summed E-state index contributed by atoms with van der Waals surface area (Å²) in [5.41, 5.74) is -3.07. The lowest BCUT2D eigenvalue weighted by molar-refractivity contribution is -0.146. The van der Waals surface area contributed by atoms with Crippen LogP contribution in [0.5, 0.6) is 0 Å². The number of amides is 5. The van der Waals surface area contributed by atoms with Crippen LogP contribution in [0.25, 0.3) is 0 Å². The Morgan fingerprint density at radius 2 is 1.61 bits per heavy atom. The van der Waals surface area contributed by atoms with Gasteiger partial charge in [0.2, 0.25) is 17.6 Å². The van der Waals surface area contributed by atoms with Gasteiger partial charge in [-0.3, -0.25) is 19.2 Å². The van der Waals surface area contributed by atoms with Crippen molar-refractivity contribution in [3.63, 3.8) is 0 Å². The van der Waals surface area contributed by atoms with Gasteiger partial charge in [-0.2, -0.15) is 0 Å². The molecule has 0 spiro atoms. The van der Waals surface area contributed by atoms with E-state index in [0.29, 0.717) is 45.1 Å². The Labute approximate surface area is 291 Å². The number of Topliss-reactive ketones (excluding diaryl/α,β-unsaturated/α-hetero) is 1. The molecule has 0 bridgehead atoms. The van der Waals surface area contributed by atoms with Crippen LogP contribution < -0.4 is 21.3 Å². The minimum atomic E-state index is -3.35. The SMILES string of the molecule is CCC[C@@H]1C[C@@]1(NC(=O)[C@@H]1[C@@H]2[C@H](CN1C(=O)[C@@H](NC(=O)NC1(C3CCCS3(=O)=O)CCCCC1)C(C)(C)C)C2(C)C)C(=O)C(=O)NC1CC1. The van der Waals surface area contributed by atoms with Gasteiger partial charge in [-0.25, -0.2) is 13.2 Å². The van der Waals surface area contributed by atoms with Gasteiger partial charge in [0, 0.05) is 12.6 Å². The highest BCUT2D eigenvalue weighted by Crippen LogP contribution is 2.65. The van der Waals surface area contributed by atoms with Crippen LogP contribution in [0.1, 0.15) is 119 Å². The van der Waals surface area contributed by atoms with E-state index >= 15 is 0 Å². The molecule has 2 heterocycles. The molecule has 0 aromatic carbocycles. The van der Waals surface area contributed by atoms with E-state index in [9.17, 15) is 32.4 Å².